The molecule has 0 aromatic carbocycles. The van der Waals surface area contributed by atoms with E-state index in [-0.39, 0.29) is 11.9 Å². The molecule has 2 aromatic rings. The number of hydrogen-bond acceptors (Lipinski definition) is 4. The number of nitrogens with one attached hydrogen (secondary N) is 2. The van der Waals surface area contributed by atoms with Gasteiger partial charge in [-0.15, -0.1) is 0 Å². The Balaban J connectivity index is 1.57. The van der Waals surface area contributed by atoms with Gasteiger partial charge in [0.1, 0.15) is 0 Å². The summed E-state index contributed by atoms with van der Waals surface area (Å²) in [7, 11) is 0. The van der Waals surface area contributed by atoms with E-state index in [9.17, 15) is 4.79 Å². The molecule has 2 N–H and O–H groups in total. The highest BCUT2D eigenvalue weighted by Gasteiger charge is 2.23. The minimum atomic E-state index is -0.0242. The maximum atomic E-state index is 12.4. The molecule has 1 amide bonds. The normalized spacial score (nSPS) is 18.7. The molecule has 23 heavy (non-hydrogen) atoms. The number of likely N-dealkylation sites (tertiary alicyclic amines) is 1. The highest BCUT2D eigenvalue weighted by Crippen LogP contribution is 2.14. The van der Waals surface area contributed by atoms with Crippen LogP contribution in [-0.4, -0.2) is 45.1 Å². The Hall–Kier alpha value is -2.21. The third-order valence-electron chi connectivity index (χ3n) is 4.29. The second kappa shape index (κ2) is 7.37. The number of aromatic amines is 1. The van der Waals surface area contributed by atoms with Gasteiger partial charge in [0.25, 0.3) is 5.91 Å². The number of aryl methyl sites for hydroxylation is 1. The van der Waals surface area contributed by atoms with Gasteiger partial charge in [0.15, 0.2) is 0 Å². The maximum absolute atomic E-state index is 12.4. The highest BCUT2D eigenvalue weighted by molar-refractivity contribution is 5.95. The molecule has 1 saturated heterocycles. The molecule has 6 nitrogen and oxygen atoms in total. The molecule has 122 valence electrons. The molecule has 0 aliphatic carbocycles. The summed E-state index contributed by atoms with van der Waals surface area (Å²) in [5.41, 5.74) is 2.77. The van der Waals surface area contributed by atoms with Gasteiger partial charge in [-0.05, 0) is 37.4 Å². The standard InChI is InChI=1S/C17H23N5O/c1-2-16-15(10-19-21-16)17(23)20-14-6-4-8-22(12-14)11-13-5-3-7-18-9-13/h3,5,7,9-10,14H,2,4,6,8,11-12H2,1H3,(H,19,21)(H,20,23). The van der Waals surface area contributed by atoms with Crippen molar-refractivity contribution < 1.29 is 4.79 Å². The van der Waals surface area contributed by atoms with Crippen LogP contribution in [0.4, 0.5) is 0 Å². The van der Waals surface area contributed by atoms with E-state index in [0.29, 0.717) is 5.56 Å². The fourth-order valence-corrected chi connectivity index (χ4v) is 3.11. The molecule has 1 aliphatic heterocycles. The van der Waals surface area contributed by atoms with Gasteiger partial charge in [-0.25, -0.2) is 0 Å². The first-order valence-corrected chi connectivity index (χ1v) is 8.20. The summed E-state index contributed by atoms with van der Waals surface area (Å²) in [6.45, 7) is 4.83. The van der Waals surface area contributed by atoms with Crippen molar-refractivity contribution in [1.29, 1.82) is 0 Å². The molecule has 3 rings (SSSR count). The smallest absolute Gasteiger partial charge is 0.255 e. The van der Waals surface area contributed by atoms with Crippen LogP contribution in [0.15, 0.2) is 30.7 Å². The van der Waals surface area contributed by atoms with Crippen LogP contribution in [0.3, 0.4) is 0 Å². The Kier molecular flexibility index (Phi) is 5.02. The average molecular weight is 313 g/mol. The summed E-state index contributed by atoms with van der Waals surface area (Å²) in [5.74, 6) is -0.0242. The van der Waals surface area contributed by atoms with E-state index in [4.69, 9.17) is 0 Å². The van der Waals surface area contributed by atoms with Gasteiger partial charge >= 0.3 is 0 Å². The van der Waals surface area contributed by atoms with E-state index in [2.05, 4.69) is 31.5 Å². The molecule has 1 unspecified atom stereocenters. The number of carbonyl (C=O) groups excluding carboxylic acids is 1. The molecule has 0 spiro atoms. The van der Waals surface area contributed by atoms with Gasteiger partial charge in [-0.2, -0.15) is 5.10 Å². The summed E-state index contributed by atoms with van der Waals surface area (Å²) < 4.78 is 0. The van der Waals surface area contributed by atoms with Crippen LogP contribution in [-0.2, 0) is 13.0 Å². The summed E-state index contributed by atoms with van der Waals surface area (Å²) in [6, 6.07) is 4.24. The van der Waals surface area contributed by atoms with E-state index in [0.717, 1.165) is 44.6 Å². The number of H-pyrrole nitrogens is 1. The Labute approximate surface area is 136 Å². The van der Waals surface area contributed by atoms with Gasteiger partial charge < -0.3 is 5.32 Å². The fourth-order valence-electron chi connectivity index (χ4n) is 3.11. The summed E-state index contributed by atoms with van der Waals surface area (Å²) >= 11 is 0. The summed E-state index contributed by atoms with van der Waals surface area (Å²) in [6.07, 6.45) is 8.21. The summed E-state index contributed by atoms with van der Waals surface area (Å²) in [4.78, 5) is 19.0. The minimum absolute atomic E-state index is 0.0242. The van der Waals surface area contributed by atoms with Crippen molar-refractivity contribution in [3.8, 4) is 0 Å². The topological polar surface area (TPSA) is 73.9 Å². The number of carbonyl (C=O) groups is 1. The van der Waals surface area contributed by atoms with Crippen LogP contribution < -0.4 is 5.32 Å². The van der Waals surface area contributed by atoms with Crippen molar-refractivity contribution in [1.82, 2.24) is 25.4 Å². The molecule has 0 bridgehead atoms. The number of amides is 1. The van der Waals surface area contributed by atoms with Crippen molar-refractivity contribution in [3.05, 3.63) is 47.5 Å². The van der Waals surface area contributed by atoms with Gasteiger partial charge in [-0.1, -0.05) is 13.0 Å². The molecule has 0 radical (unpaired) electrons. The van der Waals surface area contributed by atoms with Gasteiger partial charge in [0, 0.05) is 37.2 Å². The lowest BCUT2D eigenvalue weighted by Gasteiger charge is -2.33. The molecular formula is C17H23N5O. The molecule has 6 heteroatoms. The summed E-state index contributed by atoms with van der Waals surface area (Å²) in [5, 5.41) is 10.0. The van der Waals surface area contributed by atoms with Gasteiger partial charge in [0.2, 0.25) is 0 Å². The van der Waals surface area contributed by atoms with E-state index in [1.54, 1.807) is 12.4 Å². The second-order valence-corrected chi connectivity index (χ2v) is 6.02. The van der Waals surface area contributed by atoms with E-state index in [1.807, 2.05) is 19.2 Å². The van der Waals surface area contributed by atoms with Crippen LogP contribution in [0.2, 0.25) is 0 Å². The van der Waals surface area contributed by atoms with Crippen LogP contribution in [0.5, 0.6) is 0 Å². The number of piperidine rings is 1. The van der Waals surface area contributed by atoms with Crippen LogP contribution >= 0.6 is 0 Å². The van der Waals surface area contributed by atoms with Gasteiger partial charge in [0.05, 0.1) is 11.8 Å². The van der Waals surface area contributed by atoms with E-state index in [1.165, 1.54) is 5.56 Å². The SMILES string of the molecule is CCc1[nH]ncc1C(=O)NC1CCCN(Cc2cccnc2)C1. The predicted molar refractivity (Wildman–Crippen MR) is 88.0 cm³/mol. The molecule has 3 heterocycles. The van der Waals surface area contributed by atoms with Crippen molar-refractivity contribution in [2.45, 2.75) is 38.8 Å². The molecule has 1 atom stereocenters. The molecular weight excluding hydrogens is 290 g/mol. The first-order chi connectivity index (χ1) is 11.3. The van der Waals surface area contributed by atoms with Crippen LogP contribution in [0, 0.1) is 0 Å². The van der Waals surface area contributed by atoms with Crippen LogP contribution in [0.1, 0.15) is 41.4 Å². The maximum Gasteiger partial charge on any atom is 0.255 e. The van der Waals surface area contributed by atoms with Crippen LogP contribution in [0.25, 0.3) is 0 Å². The lowest BCUT2D eigenvalue weighted by molar-refractivity contribution is 0.0900. The van der Waals surface area contributed by atoms with Gasteiger partial charge in [-0.3, -0.25) is 19.8 Å². The first kappa shape index (κ1) is 15.7. The Bertz CT molecular complexity index is 639. The number of nitrogens with zero attached hydrogens (tertiary/aromatic N) is 3. The number of aromatic nitrogens is 3. The van der Waals surface area contributed by atoms with Crippen molar-refractivity contribution in [2.75, 3.05) is 13.1 Å². The quantitative estimate of drug-likeness (QED) is 0.882. The third-order valence-corrected chi connectivity index (χ3v) is 4.29. The monoisotopic (exact) mass is 313 g/mol. The molecule has 1 fully saturated rings. The molecule has 1 aliphatic rings. The first-order valence-electron chi connectivity index (χ1n) is 8.20. The fraction of sp³-hybridized carbons (Fsp3) is 0.471. The number of rotatable bonds is 5. The van der Waals surface area contributed by atoms with Crippen molar-refractivity contribution in [2.24, 2.45) is 0 Å². The lowest BCUT2D eigenvalue weighted by atomic mass is 10.0. The minimum Gasteiger partial charge on any atom is -0.348 e. The number of pyridine rings is 1. The highest BCUT2D eigenvalue weighted by atomic mass is 16.1. The Morgan fingerprint density at radius 3 is 3.17 bits per heavy atom. The van der Waals surface area contributed by atoms with E-state index >= 15 is 0 Å². The lowest BCUT2D eigenvalue weighted by Crippen LogP contribution is -2.47. The number of hydrogen-bond donors (Lipinski definition) is 2. The average Bonchev–Trinajstić information content (AvgIpc) is 3.05. The largest absolute Gasteiger partial charge is 0.348 e. The third kappa shape index (κ3) is 3.96. The zero-order valence-electron chi connectivity index (χ0n) is 13.5. The predicted octanol–water partition coefficient (Wildman–Crippen LogP) is 1.76. The second-order valence-electron chi connectivity index (χ2n) is 6.02. The Morgan fingerprint density at radius 1 is 1.48 bits per heavy atom. The zero-order chi connectivity index (χ0) is 16.1. The van der Waals surface area contributed by atoms with Crippen molar-refractivity contribution >= 4 is 5.91 Å². The van der Waals surface area contributed by atoms with Crippen molar-refractivity contribution in [3.63, 3.8) is 0 Å². The molecule has 0 saturated carbocycles. The molecule has 2 aromatic heterocycles. The van der Waals surface area contributed by atoms with E-state index < -0.39 is 0 Å². The zero-order valence-corrected chi connectivity index (χ0v) is 13.5. The Morgan fingerprint density at radius 2 is 2.39 bits per heavy atom.